The van der Waals surface area contributed by atoms with Crippen LogP contribution in [0, 0.1) is 0 Å². The van der Waals surface area contributed by atoms with Gasteiger partial charge in [-0.3, -0.25) is 0 Å². The molecule has 0 aromatic heterocycles. The SMILES string of the molecule is CCC1OC(C)C2O[P+](=O)OC12. The number of rotatable bonds is 1. The Balaban J connectivity index is 2.13. The van der Waals surface area contributed by atoms with Crippen LogP contribution in [0.5, 0.6) is 0 Å². The van der Waals surface area contributed by atoms with E-state index in [1.807, 2.05) is 13.8 Å². The summed E-state index contributed by atoms with van der Waals surface area (Å²) < 4.78 is 26.7. The van der Waals surface area contributed by atoms with Crippen molar-refractivity contribution in [3.8, 4) is 0 Å². The Morgan fingerprint density at radius 3 is 2.67 bits per heavy atom. The third-order valence-electron chi connectivity index (χ3n) is 2.36. The van der Waals surface area contributed by atoms with Gasteiger partial charge in [-0.2, -0.15) is 0 Å². The first-order valence-electron chi connectivity index (χ1n) is 4.18. The van der Waals surface area contributed by atoms with Crippen molar-refractivity contribution < 1.29 is 18.3 Å². The molecule has 2 rings (SSSR count). The Bertz CT molecular complexity index is 208. The molecule has 0 spiro atoms. The van der Waals surface area contributed by atoms with Gasteiger partial charge in [-0.1, -0.05) is 6.92 Å². The van der Waals surface area contributed by atoms with Gasteiger partial charge in [0.15, 0.2) is 12.2 Å². The molecule has 2 aliphatic heterocycles. The van der Waals surface area contributed by atoms with E-state index in [1.54, 1.807) is 0 Å². The minimum absolute atomic E-state index is 0.00130. The van der Waals surface area contributed by atoms with Crippen LogP contribution in [-0.2, 0) is 18.3 Å². The highest BCUT2D eigenvalue weighted by molar-refractivity contribution is 7.33. The number of hydrogen-bond donors (Lipinski definition) is 0. The Morgan fingerprint density at radius 1 is 1.33 bits per heavy atom. The summed E-state index contributed by atoms with van der Waals surface area (Å²) in [6.07, 6.45) is 0.679. The van der Waals surface area contributed by atoms with Crippen molar-refractivity contribution in [3.05, 3.63) is 0 Å². The van der Waals surface area contributed by atoms with E-state index in [0.717, 1.165) is 6.42 Å². The van der Waals surface area contributed by atoms with Crippen molar-refractivity contribution in [1.29, 1.82) is 0 Å². The minimum atomic E-state index is -1.89. The second-order valence-corrected chi connectivity index (χ2v) is 4.02. The molecule has 0 aliphatic carbocycles. The largest absolute Gasteiger partial charge is 0.698 e. The Labute approximate surface area is 72.1 Å². The van der Waals surface area contributed by atoms with Crippen LogP contribution in [0.4, 0.5) is 0 Å². The number of ether oxygens (including phenoxy) is 1. The molecule has 2 heterocycles. The van der Waals surface area contributed by atoms with E-state index in [2.05, 4.69) is 0 Å². The van der Waals surface area contributed by atoms with Crippen LogP contribution in [0.3, 0.4) is 0 Å². The lowest BCUT2D eigenvalue weighted by molar-refractivity contribution is 0.0110. The summed E-state index contributed by atoms with van der Waals surface area (Å²) in [7, 11) is -1.89. The maximum atomic E-state index is 10.9. The fourth-order valence-electron chi connectivity index (χ4n) is 1.73. The Hall–Kier alpha value is -0.0200. The summed E-state index contributed by atoms with van der Waals surface area (Å²) in [5, 5.41) is 0. The van der Waals surface area contributed by atoms with Gasteiger partial charge in [0.05, 0.1) is 12.2 Å². The molecule has 0 aromatic carbocycles. The van der Waals surface area contributed by atoms with Crippen LogP contribution < -0.4 is 0 Å². The van der Waals surface area contributed by atoms with Crippen molar-refractivity contribution in [2.45, 2.75) is 44.7 Å². The van der Waals surface area contributed by atoms with Gasteiger partial charge < -0.3 is 4.74 Å². The van der Waals surface area contributed by atoms with E-state index >= 15 is 0 Å². The fraction of sp³-hybridized carbons (Fsp3) is 1.00. The van der Waals surface area contributed by atoms with E-state index < -0.39 is 8.25 Å². The van der Waals surface area contributed by atoms with Crippen LogP contribution in [0.1, 0.15) is 20.3 Å². The predicted octanol–water partition coefficient (Wildman–Crippen LogP) is 1.63. The molecule has 5 atom stereocenters. The lowest BCUT2D eigenvalue weighted by Crippen LogP contribution is -2.28. The zero-order valence-corrected chi connectivity index (χ0v) is 7.99. The molecule has 2 aliphatic rings. The number of hydrogen-bond acceptors (Lipinski definition) is 4. The standard InChI is InChI=1S/C7H12O4P/c1-3-5-7-6(4(2)9-5)10-12(8)11-7/h4-7H,3H2,1-2H3/q+1. The van der Waals surface area contributed by atoms with Gasteiger partial charge in [-0.05, 0) is 13.3 Å². The summed E-state index contributed by atoms with van der Waals surface area (Å²) in [5.74, 6) is 0. The van der Waals surface area contributed by atoms with E-state index in [9.17, 15) is 4.57 Å². The minimum Gasteiger partial charge on any atom is -0.369 e. The van der Waals surface area contributed by atoms with Gasteiger partial charge in [0.1, 0.15) is 0 Å². The number of fused-ring (bicyclic) bond motifs is 1. The fourth-order valence-corrected chi connectivity index (χ4v) is 2.73. The summed E-state index contributed by atoms with van der Waals surface area (Å²) in [5.41, 5.74) is 0. The molecule has 2 fully saturated rings. The smallest absolute Gasteiger partial charge is 0.369 e. The summed E-state index contributed by atoms with van der Waals surface area (Å²) in [4.78, 5) is 0. The van der Waals surface area contributed by atoms with Gasteiger partial charge in [-0.15, -0.1) is 9.05 Å². The van der Waals surface area contributed by atoms with Gasteiger partial charge in [0, 0.05) is 4.57 Å². The molecule has 5 heteroatoms. The topological polar surface area (TPSA) is 44.8 Å². The zero-order valence-electron chi connectivity index (χ0n) is 7.10. The first kappa shape index (κ1) is 8.57. The predicted molar refractivity (Wildman–Crippen MR) is 42.0 cm³/mol. The van der Waals surface area contributed by atoms with E-state index in [0.29, 0.717) is 0 Å². The lowest BCUT2D eigenvalue weighted by atomic mass is 10.1. The molecule has 0 amide bonds. The van der Waals surface area contributed by atoms with Crippen molar-refractivity contribution in [1.82, 2.24) is 0 Å². The Morgan fingerprint density at radius 2 is 2.00 bits per heavy atom. The average molecular weight is 191 g/mol. The Kier molecular flexibility index (Phi) is 2.17. The first-order valence-corrected chi connectivity index (χ1v) is 5.28. The van der Waals surface area contributed by atoms with Crippen molar-refractivity contribution in [2.24, 2.45) is 0 Å². The van der Waals surface area contributed by atoms with Gasteiger partial charge in [-0.25, -0.2) is 0 Å². The van der Waals surface area contributed by atoms with Gasteiger partial charge in [0.25, 0.3) is 0 Å². The van der Waals surface area contributed by atoms with Crippen molar-refractivity contribution in [2.75, 3.05) is 0 Å². The summed E-state index contributed by atoms with van der Waals surface area (Å²) in [6.45, 7) is 3.94. The van der Waals surface area contributed by atoms with E-state index in [4.69, 9.17) is 13.8 Å². The molecule has 0 aromatic rings. The van der Waals surface area contributed by atoms with Crippen molar-refractivity contribution in [3.63, 3.8) is 0 Å². The lowest BCUT2D eigenvalue weighted by Gasteiger charge is -2.08. The molecule has 68 valence electrons. The van der Waals surface area contributed by atoms with Crippen LogP contribution >= 0.6 is 8.25 Å². The molecule has 12 heavy (non-hydrogen) atoms. The van der Waals surface area contributed by atoms with Crippen LogP contribution in [0.2, 0.25) is 0 Å². The third-order valence-corrected chi connectivity index (χ3v) is 3.19. The quantitative estimate of drug-likeness (QED) is 0.591. The monoisotopic (exact) mass is 191 g/mol. The third kappa shape index (κ3) is 1.19. The van der Waals surface area contributed by atoms with Gasteiger partial charge >= 0.3 is 8.25 Å². The molecule has 2 saturated heterocycles. The first-order chi connectivity index (χ1) is 5.72. The highest BCUT2D eigenvalue weighted by Gasteiger charge is 2.58. The molecular weight excluding hydrogens is 179 g/mol. The summed E-state index contributed by atoms with van der Waals surface area (Å²) >= 11 is 0. The molecule has 0 bridgehead atoms. The van der Waals surface area contributed by atoms with E-state index in [1.165, 1.54) is 0 Å². The second-order valence-electron chi connectivity index (χ2n) is 3.15. The summed E-state index contributed by atoms with van der Waals surface area (Å²) in [6, 6.07) is 0. The average Bonchev–Trinajstić information content (AvgIpc) is 2.52. The highest BCUT2D eigenvalue weighted by Crippen LogP contribution is 2.45. The molecule has 5 unspecified atom stereocenters. The van der Waals surface area contributed by atoms with Crippen LogP contribution in [0.15, 0.2) is 0 Å². The van der Waals surface area contributed by atoms with Crippen LogP contribution in [-0.4, -0.2) is 24.4 Å². The van der Waals surface area contributed by atoms with Crippen LogP contribution in [0.25, 0.3) is 0 Å². The van der Waals surface area contributed by atoms with Crippen molar-refractivity contribution >= 4 is 8.25 Å². The normalized spacial score (nSPS) is 49.7. The second kappa shape index (κ2) is 3.04. The molecule has 0 saturated carbocycles. The molecule has 4 nitrogen and oxygen atoms in total. The maximum Gasteiger partial charge on any atom is 0.698 e. The molecule has 0 radical (unpaired) electrons. The van der Waals surface area contributed by atoms with Gasteiger partial charge in [0.2, 0.25) is 0 Å². The maximum absolute atomic E-state index is 10.9. The highest BCUT2D eigenvalue weighted by atomic mass is 31.1. The zero-order chi connectivity index (χ0) is 8.72. The van der Waals surface area contributed by atoms with E-state index in [-0.39, 0.29) is 24.4 Å². The molecule has 0 N–H and O–H groups in total. The molecular formula is C7H12O4P+.